The van der Waals surface area contributed by atoms with Crippen molar-refractivity contribution in [3.63, 3.8) is 0 Å². The van der Waals surface area contributed by atoms with Gasteiger partial charge in [0.2, 0.25) is 5.88 Å². The Morgan fingerprint density at radius 3 is 2.43 bits per heavy atom. The molecule has 1 fully saturated rings. The number of nitrogens with zero attached hydrogens (tertiary/aromatic N) is 1. The average Bonchev–Trinajstić information content (AvgIpc) is 2.61. The van der Waals surface area contributed by atoms with E-state index in [-0.39, 0.29) is 24.0 Å². The van der Waals surface area contributed by atoms with Crippen LogP contribution < -0.4 is 4.74 Å². The molecule has 2 aliphatic rings. The molecule has 8 heteroatoms. The molecule has 0 spiro atoms. The minimum atomic E-state index is -4.87. The standard InChI is InChI=1S/C15H16F5NO2/c1-2-8-11-10(12(22)14(8,16)17)9(15(18,19)20)6-21-13(11)23-7-4-3-5-7/h6-8,12,22H,2-5H2,1H3. The van der Waals surface area contributed by atoms with Crippen LogP contribution >= 0.6 is 0 Å². The lowest BCUT2D eigenvalue weighted by Gasteiger charge is -2.28. The van der Waals surface area contributed by atoms with Crippen molar-refractivity contribution in [2.24, 2.45) is 0 Å². The van der Waals surface area contributed by atoms with E-state index >= 15 is 0 Å². The first kappa shape index (κ1) is 16.4. The van der Waals surface area contributed by atoms with Gasteiger partial charge in [-0.25, -0.2) is 13.8 Å². The van der Waals surface area contributed by atoms with Gasteiger partial charge in [-0.05, 0) is 25.7 Å². The number of halogens is 5. The van der Waals surface area contributed by atoms with Crippen LogP contribution in [0.5, 0.6) is 5.88 Å². The van der Waals surface area contributed by atoms with E-state index < -0.39 is 35.2 Å². The van der Waals surface area contributed by atoms with Crippen LogP contribution in [0.4, 0.5) is 22.0 Å². The van der Waals surface area contributed by atoms with E-state index in [1.807, 2.05) is 0 Å². The van der Waals surface area contributed by atoms with E-state index in [2.05, 4.69) is 4.98 Å². The lowest BCUT2D eigenvalue weighted by molar-refractivity contribution is -0.144. The molecule has 1 saturated carbocycles. The molecule has 3 nitrogen and oxygen atoms in total. The molecule has 0 bridgehead atoms. The van der Waals surface area contributed by atoms with Crippen molar-refractivity contribution >= 4 is 0 Å². The van der Waals surface area contributed by atoms with E-state index in [4.69, 9.17) is 4.74 Å². The molecule has 0 saturated heterocycles. The van der Waals surface area contributed by atoms with Crippen LogP contribution in [0.25, 0.3) is 0 Å². The molecule has 2 atom stereocenters. The van der Waals surface area contributed by atoms with Crippen LogP contribution in [0, 0.1) is 0 Å². The average molecular weight is 337 g/mol. The van der Waals surface area contributed by atoms with Crippen LogP contribution in [0.1, 0.15) is 61.3 Å². The Hall–Kier alpha value is -1.44. The first-order valence-corrected chi connectivity index (χ1v) is 7.50. The fourth-order valence-corrected chi connectivity index (χ4v) is 3.17. The second kappa shape index (κ2) is 5.29. The van der Waals surface area contributed by atoms with Gasteiger partial charge in [-0.15, -0.1) is 0 Å². The van der Waals surface area contributed by atoms with E-state index in [0.29, 0.717) is 19.0 Å². The number of pyridine rings is 1. The quantitative estimate of drug-likeness (QED) is 0.840. The third kappa shape index (κ3) is 2.47. The lowest BCUT2D eigenvalue weighted by Crippen LogP contribution is -2.27. The van der Waals surface area contributed by atoms with E-state index in [1.165, 1.54) is 6.92 Å². The van der Waals surface area contributed by atoms with Gasteiger partial charge in [-0.2, -0.15) is 13.2 Å². The fourth-order valence-electron chi connectivity index (χ4n) is 3.17. The Morgan fingerprint density at radius 1 is 1.30 bits per heavy atom. The third-order valence-corrected chi connectivity index (χ3v) is 4.62. The highest BCUT2D eigenvalue weighted by Crippen LogP contribution is 2.58. The van der Waals surface area contributed by atoms with Gasteiger partial charge < -0.3 is 9.84 Å². The number of aromatic nitrogens is 1. The summed E-state index contributed by atoms with van der Waals surface area (Å²) < 4.78 is 73.5. The number of hydrogen-bond acceptors (Lipinski definition) is 3. The van der Waals surface area contributed by atoms with Gasteiger partial charge in [-0.1, -0.05) is 6.92 Å². The molecule has 0 aromatic carbocycles. The molecular formula is C15H16F5NO2. The Kier molecular flexibility index (Phi) is 3.78. The van der Waals surface area contributed by atoms with Crippen molar-refractivity contribution in [1.29, 1.82) is 0 Å². The van der Waals surface area contributed by atoms with Gasteiger partial charge in [0.1, 0.15) is 12.2 Å². The summed E-state index contributed by atoms with van der Waals surface area (Å²) in [7, 11) is 0. The number of alkyl halides is 5. The highest BCUT2D eigenvalue weighted by Gasteiger charge is 2.58. The maximum Gasteiger partial charge on any atom is 0.418 e. The summed E-state index contributed by atoms with van der Waals surface area (Å²) in [6, 6.07) is 0. The Labute approximate surface area is 129 Å². The van der Waals surface area contributed by atoms with Gasteiger partial charge in [0.25, 0.3) is 5.92 Å². The number of aliphatic hydroxyl groups is 1. The van der Waals surface area contributed by atoms with Crippen molar-refractivity contribution in [2.45, 2.75) is 62.8 Å². The van der Waals surface area contributed by atoms with Crippen molar-refractivity contribution < 1.29 is 31.8 Å². The zero-order valence-corrected chi connectivity index (χ0v) is 12.3. The van der Waals surface area contributed by atoms with Crippen LogP contribution in [-0.4, -0.2) is 22.1 Å². The Balaban J connectivity index is 2.16. The number of aliphatic hydroxyl groups excluding tert-OH is 1. The molecule has 2 unspecified atom stereocenters. The van der Waals surface area contributed by atoms with Crippen LogP contribution in [0.2, 0.25) is 0 Å². The fraction of sp³-hybridized carbons (Fsp3) is 0.667. The predicted molar refractivity (Wildman–Crippen MR) is 70.4 cm³/mol. The number of hydrogen-bond donors (Lipinski definition) is 1. The highest BCUT2D eigenvalue weighted by atomic mass is 19.4. The number of ether oxygens (including phenoxy) is 1. The molecule has 3 rings (SSSR count). The van der Waals surface area contributed by atoms with Gasteiger partial charge in [0.15, 0.2) is 0 Å². The van der Waals surface area contributed by atoms with Crippen molar-refractivity contribution in [3.8, 4) is 5.88 Å². The normalized spacial score (nSPS) is 26.7. The SMILES string of the molecule is CCC1c2c(OC3CCC3)ncc(C(F)(F)F)c2C(O)C1(F)F. The second-order valence-electron chi connectivity index (χ2n) is 6.01. The number of fused-ring (bicyclic) bond motifs is 1. The molecule has 1 N–H and O–H groups in total. The van der Waals surface area contributed by atoms with Gasteiger partial charge >= 0.3 is 6.18 Å². The summed E-state index contributed by atoms with van der Waals surface area (Å²) in [5.74, 6) is -5.43. The zero-order chi connectivity index (χ0) is 17.0. The monoisotopic (exact) mass is 337 g/mol. The van der Waals surface area contributed by atoms with Crippen LogP contribution in [0.3, 0.4) is 0 Å². The molecule has 2 aliphatic carbocycles. The highest BCUT2D eigenvalue weighted by molar-refractivity contribution is 5.51. The molecular weight excluding hydrogens is 321 g/mol. The first-order chi connectivity index (χ1) is 10.7. The minimum absolute atomic E-state index is 0.124. The molecule has 1 aromatic heterocycles. The largest absolute Gasteiger partial charge is 0.474 e. The third-order valence-electron chi connectivity index (χ3n) is 4.62. The smallest absolute Gasteiger partial charge is 0.418 e. The predicted octanol–water partition coefficient (Wildman–Crippen LogP) is 4.21. The maximum absolute atomic E-state index is 14.3. The summed E-state index contributed by atoms with van der Waals surface area (Å²) in [5, 5.41) is 9.85. The van der Waals surface area contributed by atoms with Gasteiger partial charge in [0, 0.05) is 17.3 Å². The van der Waals surface area contributed by atoms with E-state index in [0.717, 1.165) is 6.42 Å². The van der Waals surface area contributed by atoms with Crippen molar-refractivity contribution in [3.05, 3.63) is 22.9 Å². The van der Waals surface area contributed by atoms with Gasteiger partial charge in [-0.3, -0.25) is 0 Å². The molecule has 0 aliphatic heterocycles. The molecule has 1 aromatic rings. The molecule has 23 heavy (non-hydrogen) atoms. The maximum atomic E-state index is 14.3. The van der Waals surface area contributed by atoms with E-state index in [1.54, 1.807) is 0 Å². The second-order valence-corrected chi connectivity index (χ2v) is 6.01. The topological polar surface area (TPSA) is 42.4 Å². The Morgan fingerprint density at radius 2 is 1.96 bits per heavy atom. The summed E-state index contributed by atoms with van der Waals surface area (Å²) >= 11 is 0. The number of rotatable bonds is 3. The van der Waals surface area contributed by atoms with Crippen molar-refractivity contribution in [1.82, 2.24) is 4.98 Å². The Bertz CT molecular complexity index is 613. The zero-order valence-electron chi connectivity index (χ0n) is 12.3. The first-order valence-electron chi connectivity index (χ1n) is 7.50. The lowest BCUT2D eigenvalue weighted by atomic mass is 9.94. The molecule has 0 amide bonds. The van der Waals surface area contributed by atoms with Crippen LogP contribution in [0.15, 0.2) is 6.20 Å². The molecule has 1 heterocycles. The molecule has 0 radical (unpaired) electrons. The van der Waals surface area contributed by atoms with Crippen molar-refractivity contribution in [2.75, 3.05) is 0 Å². The summed E-state index contributed by atoms with van der Waals surface area (Å²) in [6.45, 7) is 1.44. The van der Waals surface area contributed by atoms with Gasteiger partial charge in [0.05, 0.1) is 11.5 Å². The van der Waals surface area contributed by atoms with Crippen LogP contribution in [-0.2, 0) is 6.18 Å². The molecule has 128 valence electrons. The summed E-state index contributed by atoms with van der Waals surface area (Å²) in [6.07, 6.45) is -4.89. The minimum Gasteiger partial charge on any atom is -0.474 e. The summed E-state index contributed by atoms with van der Waals surface area (Å²) in [4.78, 5) is 3.65. The van der Waals surface area contributed by atoms with E-state index in [9.17, 15) is 27.1 Å². The summed E-state index contributed by atoms with van der Waals surface area (Å²) in [5.41, 5.74) is -2.41.